The molecule has 0 aliphatic carbocycles. The van der Waals surface area contributed by atoms with E-state index in [0.717, 1.165) is 31.2 Å². The number of amides is 1. The van der Waals surface area contributed by atoms with Crippen molar-refractivity contribution in [1.82, 2.24) is 4.72 Å². The van der Waals surface area contributed by atoms with Crippen LogP contribution in [0, 0.1) is 0 Å². The number of rotatable bonds is 10. The maximum Gasteiger partial charge on any atom is 0.248 e. The Morgan fingerprint density at radius 1 is 1.04 bits per heavy atom. The molecule has 0 fully saturated rings. The highest BCUT2D eigenvalue weighted by atomic mass is 35.5. The van der Waals surface area contributed by atoms with Gasteiger partial charge in [-0.2, -0.15) is 0 Å². The fourth-order valence-corrected chi connectivity index (χ4v) is 3.79. The lowest BCUT2D eigenvalue weighted by molar-refractivity contribution is -0.111. The fourth-order valence-electron chi connectivity index (χ4n) is 2.52. The van der Waals surface area contributed by atoms with Gasteiger partial charge in [0.05, 0.1) is 4.90 Å². The molecular weight excluding hydrogens is 396 g/mol. The quantitative estimate of drug-likeness (QED) is 0.426. The molecule has 1 amide bonds. The Morgan fingerprint density at radius 3 is 2.43 bits per heavy atom. The van der Waals surface area contributed by atoms with Gasteiger partial charge in [0.25, 0.3) is 0 Å². The molecule has 150 valence electrons. The van der Waals surface area contributed by atoms with E-state index in [1.54, 1.807) is 30.3 Å². The van der Waals surface area contributed by atoms with Crippen molar-refractivity contribution in [2.24, 2.45) is 0 Å². The number of benzene rings is 2. The molecule has 0 bridgehead atoms. The lowest BCUT2D eigenvalue weighted by Crippen LogP contribution is -2.24. The molecule has 0 radical (unpaired) electrons. The number of nitrogens with one attached hydrogen (secondary N) is 2. The van der Waals surface area contributed by atoms with E-state index in [4.69, 9.17) is 11.6 Å². The zero-order valence-electron chi connectivity index (χ0n) is 15.8. The van der Waals surface area contributed by atoms with Crippen LogP contribution in [0.1, 0.15) is 38.2 Å². The second-order valence-corrected chi connectivity index (χ2v) is 8.50. The molecule has 0 spiro atoms. The molecule has 7 heteroatoms. The van der Waals surface area contributed by atoms with Crippen molar-refractivity contribution >= 4 is 39.3 Å². The van der Waals surface area contributed by atoms with Crippen molar-refractivity contribution in [2.45, 2.75) is 37.5 Å². The highest BCUT2D eigenvalue weighted by molar-refractivity contribution is 7.89. The van der Waals surface area contributed by atoms with Crippen LogP contribution in [0.4, 0.5) is 5.69 Å². The van der Waals surface area contributed by atoms with Crippen LogP contribution in [0.5, 0.6) is 0 Å². The molecule has 5 nitrogen and oxygen atoms in total. The predicted octanol–water partition coefficient (Wildman–Crippen LogP) is 4.85. The fraction of sp³-hybridized carbons (Fsp3) is 0.286. The van der Waals surface area contributed by atoms with Crippen LogP contribution in [-0.4, -0.2) is 20.9 Å². The molecule has 28 heavy (non-hydrogen) atoms. The van der Waals surface area contributed by atoms with Crippen LogP contribution in [0.15, 0.2) is 59.5 Å². The lowest BCUT2D eigenvalue weighted by Gasteiger charge is -2.08. The lowest BCUT2D eigenvalue weighted by atomic mass is 10.2. The minimum absolute atomic E-state index is 0.174. The van der Waals surface area contributed by atoms with Gasteiger partial charge in [0.2, 0.25) is 15.9 Å². The highest BCUT2D eigenvalue weighted by Crippen LogP contribution is 2.17. The first-order valence-corrected chi connectivity index (χ1v) is 11.1. The zero-order valence-corrected chi connectivity index (χ0v) is 17.4. The Bertz CT molecular complexity index is 910. The molecule has 2 rings (SSSR count). The van der Waals surface area contributed by atoms with Crippen LogP contribution in [0.3, 0.4) is 0 Å². The van der Waals surface area contributed by atoms with Crippen molar-refractivity contribution < 1.29 is 13.2 Å². The molecule has 0 heterocycles. The number of anilines is 1. The smallest absolute Gasteiger partial charge is 0.248 e. The number of hydrogen-bond acceptors (Lipinski definition) is 3. The normalized spacial score (nSPS) is 11.6. The largest absolute Gasteiger partial charge is 0.323 e. The summed E-state index contributed by atoms with van der Waals surface area (Å²) in [4.78, 5) is 12.2. The van der Waals surface area contributed by atoms with E-state index in [0.29, 0.717) is 17.3 Å². The van der Waals surface area contributed by atoms with E-state index < -0.39 is 10.0 Å². The third-order valence-corrected chi connectivity index (χ3v) is 5.90. The second-order valence-electron chi connectivity index (χ2n) is 6.33. The molecular formula is C21H25ClN2O3S. The number of hydrogen-bond donors (Lipinski definition) is 2. The Kier molecular flexibility index (Phi) is 8.70. The number of carbonyl (C=O) groups excluding carboxylic acids is 1. The number of halogens is 1. The van der Waals surface area contributed by atoms with Gasteiger partial charge in [-0.05, 0) is 48.4 Å². The van der Waals surface area contributed by atoms with Gasteiger partial charge in [0.15, 0.2) is 0 Å². The molecule has 0 aliphatic rings. The summed E-state index contributed by atoms with van der Waals surface area (Å²) < 4.78 is 27.1. The Labute approximate surface area is 171 Å². The van der Waals surface area contributed by atoms with Crippen LogP contribution in [0.25, 0.3) is 6.08 Å². The predicted molar refractivity (Wildman–Crippen MR) is 115 cm³/mol. The SMILES string of the molecule is CCCCCCNS(=O)(=O)c1ccc(NC(=O)C=Cc2ccccc2Cl)cc1. The summed E-state index contributed by atoms with van der Waals surface area (Å²) in [7, 11) is -3.54. The maximum absolute atomic E-state index is 12.3. The van der Waals surface area contributed by atoms with Gasteiger partial charge < -0.3 is 5.32 Å². The molecule has 0 unspecified atom stereocenters. The second kappa shape index (κ2) is 11.0. The molecule has 2 aromatic carbocycles. The maximum atomic E-state index is 12.3. The summed E-state index contributed by atoms with van der Waals surface area (Å²) in [6.07, 6.45) is 7.03. The van der Waals surface area contributed by atoms with Gasteiger partial charge in [-0.1, -0.05) is 56.0 Å². The minimum atomic E-state index is -3.54. The van der Waals surface area contributed by atoms with Gasteiger partial charge in [-0.3, -0.25) is 4.79 Å². The molecule has 0 saturated heterocycles. The average Bonchev–Trinajstić information content (AvgIpc) is 2.67. The number of unbranched alkanes of at least 4 members (excludes halogenated alkanes) is 3. The first-order valence-electron chi connectivity index (χ1n) is 9.25. The van der Waals surface area contributed by atoms with Crippen molar-refractivity contribution in [3.05, 3.63) is 65.2 Å². The third-order valence-electron chi connectivity index (χ3n) is 4.07. The first kappa shape index (κ1) is 22.1. The van der Waals surface area contributed by atoms with Gasteiger partial charge in [-0.25, -0.2) is 13.1 Å². The summed E-state index contributed by atoms with van der Waals surface area (Å²) in [5.74, 6) is -0.329. The molecule has 2 aromatic rings. The van der Waals surface area contributed by atoms with E-state index in [9.17, 15) is 13.2 Å². The third kappa shape index (κ3) is 7.11. The van der Waals surface area contributed by atoms with Crippen LogP contribution < -0.4 is 10.0 Å². The van der Waals surface area contributed by atoms with E-state index in [-0.39, 0.29) is 10.8 Å². The molecule has 2 N–H and O–H groups in total. The van der Waals surface area contributed by atoms with E-state index in [1.807, 2.05) is 12.1 Å². The molecule has 0 aliphatic heterocycles. The summed E-state index contributed by atoms with van der Waals surface area (Å²) in [5.41, 5.74) is 1.25. The Hall–Kier alpha value is -2.15. The summed E-state index contributed by atoms with van der Waals surface area (Å²) >= 11 is 6.04. The van der Waals surface area contributed by atoms with Gasteiger partial charge in [0, 0.05) is 23.3 Å². The minimum Gasteiger partial charge on any atom is -0.323 e. The topological polar surface area (TPSA) is 75.3 Å². The van der Waals surface area contributed by atoms with E-state index >= 15 is 0 Å². The molecule has 0 atom stereocenters. The zero-order chi connectivity index (χ0) is 20.4. The Morgan fingerprint density at radius 2 is 1.75 bits per heavy atom. The van der Waals surface area contributed by atoms with Gasteiger partial charge >= 0.3 is 0 Å². The number of sulfonamides is 1. The van der Waals surface area contributed by atoms with E-state index in [2.05, 4.69) is 17.0 Å². The molecule has 0 aromatic heterocycles. The van der Waals surface area contributed by atoms with Gasteiger partial charge in [0.1, 0.15) is 0 Å². The van der Waals surface area contributed by atoms with Crippen LogP contribution in [0.2, 0.25) is 5.02 Å². The van der Waals surface area contributed by atoms with Gasteiger partial charge in [-0.15, -0.1) is 0 Å². The summed E-state index contributed by atoms with van der Waals surface area (Å²) in [6.45, 7) is 2.53. The summed E-state index contributed by atoms with van der Waals surface area (Å²) in [6, 6.07) is 13.3. The van der Waals surface area contributed by atoms with Crippen LogP contribution in [-0.2, 0) is 14.8 Å². The van der Waals surface area contributed by atoms with Crippen molar-refractivity contribution in [3.8, 4) is 0 Å². The van der Waals surface area contributed by atoms with Crippen LogP contribution >= 0.6 is 11.6 Å². The average molecular weight is 421 g/mol. The van der Waals surface area contributed by atoms with E-state index in [1.165, 1.54) is 18.2 Å². The molecule has 0 saturated carbocycles. The van der Waals surface area contributed by atoms with Crippen molar-refractivity contribution in [2.75, 3.05) is 11.9 Å². The number of carbonyl (C=O) groups is 1. The highest BCUT2D eigenvalue weighted by Gasteiger charge is 2.13. The van der Waals surface area contributed by atoms with Crippen molar-refractivity contribution in [1.29, 1.82) is 0 Å². The standard InChI is InChI=1S/C21H25ClN2O3S/c1-2-3-4-7-16-23-28(26,27)19-13-11-18(12-14-19)24-21(25)15-10-17-8-5-6-9-20(17)22/h5-6,8-15,23H,2-4,7,16H2,1H3,(H,24,25). The summed E-state index contributed by atoms with van der Waals surface area (Å²) in [5, 5.41) is 3.25. The van der Waals surface area contributed by atoms with Crippen molar-refractivity contribution in [3.63, 3.8) is 0 Å². The Balaban J connectivity index is 1.91. The monoisotopic (exact) mass is 420 g/mol. The first-order chi connectivity index (χ1) is 13.4.